The van der Waals surface area contributed by atoms with Crippen LogP contribution in [0.4, 0.5) is 0 Å². The molecule has 4 heteroatoms. The minimum atomic E-state index is 0.0677. The fourth-order valence-corrected chi connectivity index (χ4v) is 2.87. The van der Waals surface area contributed by atoms with Crippen LogP contribution in [-0.4, -0.2) is 25.0 Å². The molecule has 0 bridgehead atoms. The van der Waals surface area contributed by atoms with Gasteiger partial charge in [-0.25, -0.2) is 0 Å². The first-order valence-electron chi connectivity index (χ1n) is 8.46. The van der Waals surface area contributed by atoms with Crippen LogP contribution in [0.2, 0.25) is 0 Å². The van der Waals surface area contributed by atoms with E-state index < -0.39 is 0 Å². The van der Waals surface area contributed by atoms with E-state index in [1.54, 1.807) is 18.3 Å². The molecule has 25 heavy (non-hydrogen) atoms. The van der Waals surface area contributed by atoms with Crippen molar-refractivity contribution in [2.75, 3.05) is 14.2 Å². The Balaban J connectivity index is 1.68. The van der Waals surface area contributed by atoms with Gasteiger partial charge in [-0.15, -0.1) is 0 Å². The summed E-state index contributed by atoms with van der Waals surface area (Å²) < 4.78 is 10.8. The topological polar surface area (TPSA) is 42.7 Å². The molecule has 0 aliphatic carbocycles. The number of ether oxygens (including phenoxy) is 1. The van der Waals surface area contributed by atoms with Crippen LogP contribution in [0, 0.1) is 0 Å². The number of likely N-dealkylation sites (N-methyl/N-ethyl adjacent to an activating group) is 1. The number of carbonyl (C=O) groups excluding carboxylic acids is 1. The molecule has 0 saturated carbocycles. The van der Waals surface area contributed by atoms with Crippen LogP contribution in [0.1, 0.15) is 23.6 Å². The SMILES string of the molecule is CCc1ccc(CN(C)C(=O)Cc2coc3cc(OC)ccc23)cc1. The first kappa shape index (κ1) is 17.1. The molecule has 1 aromatic heterocycles. The van der Waals surface area contributed by atoms with Crippen molar-refractivity contribution in [3.8, 4) is 5.75 Å². The van der Waals surface area contributed by atoms with Crippen molar-refractivity contribution in [2.45, 2.75) is 26.3 Å². The Bertz CT molecular complexity index is 864. The lowest BCUT2D eigenvalue weighted by atomic mass is 10.1. The molecule has 1 amide bonds. The van der Waals surface area contributed by atoms with Gasteiger partial charge in [-0.1, -0.05) is 31.2 Å². The summed E-state index contributed by atoms with van der Waals surface area (Å²) in [5.41, 5.74) is 4.07. The van der Waals surface area contributed by atoms with E-state index in [4.69, 9.17) is 9.15 Å². The summed E-state index contributed by atoms with van der Waals surface area (Å²) in [6.45, 7) is 2.74. The molecule has 0 saturated heterocycles. The Morgan fingerprint density at radius 3 is 2.52 bits per heavy atom. The number of methoxy groups -OCH3 is 1. The molecule has 0 aliphatic rings. The Morgan fingerprint density at radius 1 is 1.12 bits per heavy atom. The zero-order valence-corrected chi connectivity index (χ0v) is 14.9. The maximum atomic E-state index is 12.6. The number of rotatable bonds is 6. The molecule has 2 aromatic carbocycles. The van der Waals surface area contributed by atoms with Crippen molar-refractivity contribution >= 4 is 16.9 Å². The van der Waals surface area contributed by atoms with Gasteiger partial charge in [0.1, 0.15) is 11.3 Å². The molecule has 130 valence electrons. The number of aryl methyl sites for hydroxylation is 1. The highest BCUT2D eigenvalue weighted by molar-refractivity contribution is 5.88. The van der Waals surface area contributed by atoms with Crippen molar-refractivity contribution < 1.29 is 13.9 Å². The summed E-state index contributed by atoms with van der Waals surface area (Å²) in [4.78, 5) is 14.3. The van der Waals surface area contributed by atoms with Crippen molar-refractivity contribution in [3.63, 3.8) is 0 Å². The molecular formula is C21H23NO3. The smallest absolute Gasteiger partial charge is 0.227 e. The number of benzene rings is 2. The number of fused-ring (bicyclic) bond motifs is 1. The predicted molar refractivity (Wildman–Crippen MR) is 98.8 cm³/mol. The minimum absolute atomic E-state index is 0.0677. The zero-order valence-electron chi connectivity index (χ0n) is 14.9. The van der Waals surface area contributed by atoms with Gasteiger partial charge in [0, 0.05) is 30.6 Å². The third-order valence-corrected chi connectivity index (χ3v) is 4.48. The summed E-state index contributed by atoms with van der Waals surface area (Å²) in [5.74, 6) is 0.811. The average molecular weight is 337 g/mol. The van der Waals surface area contributed by atoms with Gasteiger partial charge in [-0.2, -0.15) is 0 Å². The lowest BCUT2D eigenvalue weighted by molar-refractivity contribution is -0.129. The average Bonchev–Trinajstić information content (AvgIpc) is 3.04. The highest BCUT2D eigenvalue weighted by atomic mass is 16.5. The molecule has 3 aromatic rings. The summed E-state index contributed by atoms with van der Waals surface area (Å²) in [7, 11) is 3.46. The lowest BCUT2D eigenvalue weighted by Gasteiger charge is -2.17. The van der Waals surface area contributed by atoms with E-state index in [1.807, 2.05) is 25.2 Å². The number of nitrogens with zero attached hydrogens (tertiary/aromatic N) is 1. The highest BCUT2D eigenvalue weighted by Gasteiger charge is 2.14. The third kappa shape index (κ3) is 3.85. The molecule has 0 fully saturated rings. The molecule has 0 unspecified atom stereocenters. The van der Waals surface area contributed by atoms with E-state index in [2.05, 4.69) is 31.2 Å². The van der Waals surface area contributed by atoms with E-state index in [-0.39, 0.29) is 5.91 Å². The summed E-state index contributed by atoms with van der Waals surface area (Å²) in [5, 5.41) is 0.954. The van der Waals surface area contributed by atoms with E-state index in [1.165, 1.54) is 5.56 Å². The van der Waals surface area contributed by atoms with E-state index >= 15 is 0 Å². The second kappa shape index (κ2) is 7.43. The van der Waals surface area contributed by atoms with Gasteiger partial charge < -0.3 is 14.1 Å². The van der Waals surface area contributed by atoms with E-state index in [9.17, 15) is 4.79 Å². The molecule has 1 heterocycles. The van der Waals surface area contributed by atoms with Crippen LogP contribution in [-0.2, 0) is 24.2 Å². The second-order valence-electron chi connectivity index (χ2n) is 6.22. The van der Waals surface area contributed by atoms with Crippen molar-refractivity contribution in [1.82, 2.24) is 4.90 Å². The number of amides is 1. The quantitative estimate of drug-likeness (QED) is 0.677. The Hall–Kier alpha value is -2.75. The molecule has 0 aliphatic heterocycles. The van der Waals surface area contributed by atoms with E-state index in [0.717, 1.165) is 34.3 Å². The van der Waals surface area contributed by atoms with Crippen molar-refractivity contribution in [1.29, 1.82) is 0 Å². The fourth-order valence-electron chi connectivity index (χ4n) is 2.87. The first-order chi connectivity index (χ1) is 12.1. The van der Waals surface area contributed by atoms with Gasteiger partial charge in [0.2, 0.25) is 5.91 Å². The maximum Gasteiger partial charge on any atom is 0.227 e. The van der Waals surface area contributed by atoms with Crippen molar-refractivity contribution in [2.24, 2.45) is 0 Å². The highest BCUT2D eigenvalue weighted by Crippen LogP contribution is 2.26. The summed E-state index contributed by atoms with van der Waals surface area (Å²) in [6, 6.07) is 14.1. The molecule has 4 nitrogen and oxygen atoms in total. The number of furan rings is 1. The third-order valence-electron chi connectivity index (χ3n) is 4.48. The van der Waals surface area contributed by atoms with Gasteiger partial charge in [0.15, 0.2) is 0 Å². The van der Waals surface area contributed by atoms with Crippen LogP contribution in [0.25, 0.3) is 11.0 Å². The first-order valence-corrected chi connectivity index (χ1v) is 8.46. The Kier molecular flexibility index (Phi) is 5.08. The minimum Gasteiger partial charge on any atom is -0.497 e. The monoisotopic (exact) mass is 337 g/mol. The Morgan fingerprint density at radius 2 is 1.84 bits per heavy atom. The number of hydrogen-bond donors (Lipinski definition) is 0. The van der Waals surface area contributed by atoms with Gasteiger partial charge >= 0.3 is 0 Å². The molecular weight excluding hydrogens is 314 g/mol. The Labute approximate surface area is 148 Å². The summed E-state index contributed by atoms with van der Waals surface area (Å²) in [6.07, 6.45) is 3.00. The van der Waals surface area contributed by atoms with Gasteiger partial charge in [-0.3, -0.25) is 4.79 Å². The fraction of sp³-hybridized carbons (Fsp3) is 0.286. The van der Waals surface area contributed by atoms with E-state index in [0.29, 0.717) is 13.0 Å². The summed E-state index contributed by atoms with van der Waals surface area (Å²) >= 11 is 0. The van der Waals surface area contributed by atoms with Crippen LogP contribution in [0.15, 0.2) is 53.1 Å². The van der Waals surface area contributed by atoms with Crippen LogP contribution >= 0.6 is 0 Å². The number of carbonyl (C=O) groups is 1. The normalized spacial score (nSPS) is 10.8. The molecule has 0 N–H and O–H groups in total. The van der Waals surface area contributed by atoms with Gasteiger partial charge in [0.05, 0.1) is 19.8 Å². The van der Waals surface area contributed by atoms with Crippen molar-refractivity contribution in [3.05, 3.63) is 65.4 Å². The predicted octanol–water partition coefficient (Wildman–Crippen LogP) is 4.20. The molecule has 0 spiro atoms. The van der Waals surface area contributed by atoms with Crippen LogP contribution < -0.4 is 4.74 Å². The van der Waals surface area contributed by atoms with Crippen LogP contribution in [0.5, 0.6) is 5.75 Å². The molecule has 0 radical (unpaired) electrons. The van der Waals surface area contributed by atoms with Crippen LogP contribution in [0.3, 0.4) is 0 Å². The standard InChI is InChI=1S/C21H23NO3/c1-4-15-5-7-16(8-6-15)13-22(2)21(23)11-17-14-25-20-12-18(24-3)9-10-19(17)20/h5-10,12,14H,4,11,13H2,1-3H3. The molecule has 0 atom stereocenters. The maximum absolute atomic E-state index is 12.6. The second-order valence-corrected chi connectivity index (χ2v) is 6.22. The largest absolute Gasteiger partial charge is 0.497 e. The van der Waals surface area contributed by atoms with Gasteiger partial charge in [0.25, 0.3) is 0 Å². The molecule has 3 rings (SSSR count). The zero-order chi connectivity index (χ0) is 17.8. The van der Waals surface area contributed by atoms with Gasteiger partial charge in [-0.05, 0) is 29.7 Å². The number of hydrogen-bond acceptors (Lipinski definition) is 3. The lowest BCUT2D eigenvalue weighted by Crippen LogP contribution is -2.27.